The number of nitriles is 1. The van der Waals surface area contributed by atoms with E-state index >= 15 is 4.39 Å². The van der Waals surface area contributed by atoms with E-state index < -0.39 is 17.7 Å². The molecule has 2 aromatic carbocycles. The number of thiophene rings is 1. The number of methoxy groups -OCH3 is 1. The SMILES string of the molecule is C#CC1COc2c(Cl)c(-c3ccc(F)c4sc(N)c(C#N)c34)c(F)c3nc(OC[C@@]45CCCN4CC(=C)C5)nc(c23)N1CCOC. The molecule has 46 heavy (non-hydrogen) atoms. The minimum absolute atomic E-state index is 0.000509. The molecule has 2 atom stereocenters. The Balaban J connectivity index is 1.47. The molecule has 0 radical (unpaired) electrons. The number of fused-ring (bicyclic) bond motifs is 2. The van der Waals surface area contributed by atoms with Gasteiger partial charge in [0.1, 0.15) is 47.5 Å². The maximum atomic E-state index is 17.1. The van der Waals surface area contributed by atoms with Gasteiger partial charge in [0.25, 0.3) is 0 Å². The Kier molecular flexibility index (Phi) is 7.65. The van der Waals surface area contributed by atoms with Crippen LogP contribution in [0.25, 0.3) is 32.1 Å². The van der Waals surface area contributed by atoms with Gasteiger partial charge in [-0.2, -0.15) is 15.2 Å². The second kappa shape index (κ2) is 11.6. The van der Waals surface area contributed by atoms with E-state index in [1.165, 1.54) is 12.1 Å². The minimum atomic E-state index is -0.817. The minimum Gasteiger partial charge on any atom is -0.488 e. The normalized spacial score (nSPS) is 20.9. The van der Waals surface area contributed by atoms with Crippen molar-refractivity contribution >= 4 is 54.7 Å². The van der Waals surface area contributed by atoms with Gasteiger partial charge in [-0.3, -0.25) is 4.90 Å². The standard InChI is InChI=1S/C33H29ClF2N6O3S/c1-4-18-15-44-28-24-27(26(36)23(25(28)34)19-6-7-21(35)29-22(19)20(13-37)30(38)46-29)39-32(40-31(24)42(18)10-11-43-3)45-16-33-8-5-9-41(33)14-17(2)12-33/h1,6-7,18H,2,5,8-12,14-16,38H2,3H3/t18?,33-/m0/s1. The van der Waals surface area contributed by atoms with Gasteiger partial charge in [0.15, 0.2) is 11.6 Å². The van der Waals surface area contributed by atoms with Gasteiger partial charge < -0.3 is 24.8 Å². The van der Waals surface area contributed by atoms with Crippen LogP contribution < -0.4 is 20.1 Å². The van der Waals surface area contributed by atoms with E-state index in [1.54, 1.807) is 12.0 Å². The molecule has 1 unspecified atom stereocenters. The Hall–Kier alpha value is -4.20. The van der Waals surface area contributed by atoms with Crippen LogP contribution in [0.2, 0.25) is 5.02 Å². The highest BCUT2D eigenvalue weighted by Gasteiger charge is 2.46. The lowest BCUT2D eigenvalue weighted by Gasteiger charge is -2.31. The monoisotopic (exact) mass is 662 g/mol. The maximum Gasteiger partial charge on any atom is 0.319 e. The molecular weight excluding hydrogens is 634 g/mol. The first-order valence-electron chi connectivity index (χ1n) is 14.7. The number of terminal acetylenes is 1. The van der Waals surface area contributed by atoms with Crippen molar-refractivity contribution in [3.63, 3.8) is 0 Å². The van der Waals surface area contributed by atoms with Gasteiger partial charge in [0.05, 0.1) is 32.8 Å². The van der Waals surface area contributed by atoms with Crippen LogP contribution >= 0.6 is 22.9 Å². The number of nitrogens with two attached hydrogens (primary N) is 1. The fraction of sp³-hybridized carbons (Fsp3) is 0.364. The molecule has 0 aliphatic carbocycles. The van der Waals surface area contributed by atoms with Crippen LogP contribution in [-0.2, 0) is 4.74 Å². The zero-order valence-corrected chi connectivity index (χ0v) is 26.5. The summed E-state index contributed by atoms with van der Waals surface area (Å²) in [4.78, 5) is 13.5. The van der Waals surface area contributed by atoms with E-state index in [4.69, 9.17) is 43.0 Å². The highest BCUT2D eigenvalue weighted by atomic mass is 35.5. The molecule has 2 aromatic heterocycles. The maximum absolute atomic E-state index is 17.1. The molecule has 236 valence electrons. The van der Waals surface area contributed by atoms with Crippen LogP contribution in [0.15, 0.2) is 24.3 Å². The molecule has 13 heteroatoms. The summed E-state index contributed by atoms with van der Waals surface area (Å²) >= 11 is 7.89. The van der Waals surface area contributed by atoms with Crippen molar-refractivity contribution in [2.24, 2.45) is 0 Å². The van der Waals surface area contributed by atoms with Crippen LogP contribution in [-0.4, -0.2) is 73.0 Å². The van der Waals surface area contributed by atoms with Crippen molar-refractivity contribution < 1.29 is 23.0 Å². The number of nitrogen functional groups attached to an aromatic ring is 1. The van der Waals surface area contributed by atoms with E-state index in [9.17, 15) is 9.65 Å². The largest absolute Gasteiger partial charge is 0.488 e. The van der Waals surface area contributed by atoms with E-state index in [-0.39, 0.29) is 78.2 Å². The first kappa shape index (κ1) is 30.5. The molecule has 7 rings (SSSR count). The molecule has 4 aromatic rings. The summed E-state index contributed by atoms with van der Waals surface area (Å²) in [6.07, 6.45) is 8.73. The Morgan fingerprint density at radius 1 is 1.33 bits per heavy atom. The highest BCUT2D eigenvalue weighted by molar-refractivity contribution is 7.23. The molecule has 0 bridgehead atoms. The lowest BCUT2D eigenvalue weighted by atomic mass is 9.94. The highest BCUT2D eigenvalue weighted by Crippen LogP contribution is 2.51. The third kappa shape index (κ3) is 4.63. The molecule has 2 saturated heterocycles. The average molecular weight is 663 g/mol. The zero-order chi connectivity index (χ0) is 32.3. The number of rotatable bonds is 7. The second-order valence-electron chi connectivity index (χ2n) is 11.8. The first-order chi connectivity index (χ1) is 22.2. The van der Waals surface area contributed by atoms with E-state index in [2.05, 4.69) is 22.4 Å². The number of benzene rings is 2. The van der Waals surface area contributed by atoms with Crippen molar-refractivity contribution in [3.8, 4) is 41.3 Å². The van der Waals surface area contributed by atoms with Crippen molar-refractivity contribution in [1.82, 2.24) is 14.9 Å². The average Bonchev–Trinajstić information content (AvgIpc) is 3.65. The predicted molar refractivity (Wildman–Crippen MR) is 175 cm³/mol. The molecule has 9 nitrogen and oxygen atoms in total. The molecule has 0 saturated carbocycles. The molecule has 0 spiro atoms. The molecular formula is C33H29ClF2N6O3S. The topological polar surface area (TPSA) is 110 Å². The van der Waals surface area contributed by atoms with Crippen LogP contribution in [0.1, 0.15) is 24.8 Å². The van der Waals surface area contributed by atoms with Gasteiger partial charge in [-0.1, -0.05) is 35.7 Å². The summed E-state index contributed by atoms with van der Waals surface area (Å²) in [5.74, 6) is 1.73. The molecule has 3 aliphatic rings. The van der Waals surface area contributed by atoms with Gasteiger partial charge in [-0.05, 0) is 37.4 Å². The number of hydrogen-bond acceptors (Lipinski definition) is 10. The second-order valence-corrected chi connectivity index (χ2v) is 13.2. The Bertz CT molecular complexity index is 2020. The molecule has 3 aliphatic heterocycles. The van der Waals surface area contributed by atoms with Gasteiger partial charge in [0, 0.05) is 31.1 Å². The Morgan fingerprint density at radius 2 is 2.15 bits per heavy atom. The van der Waals surface area contributed by atoms with Gasteiger partial charge >= 0.3 is 6.01 Å². The summed E-state index contributed by atoms with van der Waals surface area (Å²) < 4.78 is 50.0. The molecule has 2 N–H and O–H groups in total. The third-order valence-electron chi connectivity index (χ3n) is 9.11. The van der Waals surface area contributed by atoms with Gasteiger partial charge in [0.2, 0.25) is 0 Å². The Labute approximate surface area is 273 Å². The number of hydrogen-bond donors (Lipinski definition) is 1. The molecule has 5 heterocycles. The quantitative estimate of drug-likeness (QED) is 0.191. The van der Waals surface area contributed by atoms with Crippen molar-refractivity contribution in [2.75, 3.05) is 57.2 Å². The molecule has 0 amide bonds. The van der Waals surface area contributed by atoms with Crippen LogP contribution in [0, 0.1) is 35.3 Å². The van der Waals surface area contributed by atoms with Crippen molar-refractivity contribution in [3.05, 3.63) is 46.5 Å². The third-order valence-corrected chi connectivity index (χ3v) is 10.5. The fourth-order valence-electron chi connectivity index (χ4n) is 7.02. The molecule has 2 fully saturated rings. The van der Waals surface area contributed by atoms with Crippen LogP contribution in [0.4, 0.5) is 19.6 Å². The van der Waals surface area contributed by atoms with E-state index in [0.717, 1.165) is 49.3 Å². The Morgan fingerprint density at radius 3 is 2.91 bits per heavy atom. The number of nitrogens with zero attached hydrogens (tertiary/aromatic N) is 5. The van der Waals surface area contributed by atoms with Crippen LogP contribution in [0.3, 0.4) is 0 Å². The lowest BCUT2D eigenvalue weighted by molar-refractivity contribution is 0.108. The number of halogens is 3. The lowest BCUT2D eigenvalue weighted by Crippen LogP contribution is -2.43. The summed E-state index contributed by atoms with van der Waals surface area (Å²) in [6.45, 7) is 6.86. The van der Waals surface area contributed by atoms with Gasteiger partial charge in [-0.25, -0.2) is 8.78 Å². The van der Waals surface area contributed by atoms with Gasteiger partial charge in [-0.15, -0.1) is 17.8 Å². The van der Waals surface area contributed by atoms with Crippen molar-refractivity contribution in [2.45, 2.75) is 30.8 Å². The predicted octanol–water partition coefficient (Wildman–Crippen LogP) is 5.92. The number of ether oxygens (including phenoxy) is 3. The first-order valence-corrected chi connectivity index (χ1v) is 15.9. The summed E-state index contributed by atoms with van der Waals surface area (Å²) in [5, 5.41) is 10.3. The van der Waals surface area contributed by atoms with E-state index in [1.807, 2.05) is 6.07 Å². The number of aromatic nitrogens is 2. The zero-order valence-electron chi connectivity index (χ0n) is 25.0. The van der Waals surface area contributed by atoms with Crippen LogP contribution in [0.5, 0.6) is 11.8 Å². The fourth-order valence-corrected chi connectivity index (χ4v) is 8.31. The van der Waals surface area contributed by atoms with E-state index in [0.29, 0.717) is 19.0 Å². The number of anilines is 2. The summed E-state index contributed by atoms with van der Waals surface area (Å²) in [5.41, 5.74) is 6.96. The summed E-state index contributed by atoms with van der Waals surface area (Å²) in [7, 11) is 1.57. The smallest absolute Gasteiger partial charge is 0.319 e. The van der Waals surface area contributed by atoms with Crippen molar-refractivity contribution in [1.29, 1.82) is 5.26 Å². The summed E-state index contributed by atoms with van der Waals surface area (Å²) in [6, 6.07) is 3.94.